The quantitative estimate of drug-likeness (QED) is 0.790. The summed E-state index contributed by atoms with van der Waals surface area (Å²) in [6.45, 7) is 0. The summed E-state index contributed by atoms with van der Waals surface area (Å²) in [5, 5.41) is 8.85. The number of nitrogen functional groups attached to an aromatic ring is 1. The van der Waals surface area contributed by atoms with Crippen LogP contribution in [0, 0.1) is 0 Å². The Morgan fingerprint density at radius 2 is 1.94 bits per heavy atom. The van der Waals surface area contributed by atoms with Gasteiger partial charge in [0, 0.05) is 5.56 Å². The van der Waals surface area contributed by atoms with Crippen LogP contribution in [0.15, 0.2) is 36.5 Å². The van der Waals surface area contributed by atoms with Gasteiger partial charge < -0.3 is 10.8 Å². The number of nitrogens with zero attached hydrogens (tertiary/aromatic N) is 2. The average molecular weight is 215 g/mol. The molecule has 5 nitrogen and oxygen atoms in total. The fourth-order valence-electron chi connectivity index (χ4n) is 1.30. The van der Waals surface area contributed by atoms with Crippen molar-refractivity contribution in [2.45, 2.75) is 0 Å². The lowest BCUT2D eigenvalue weighted by atomic mass is 10.1. The van der Waals surface area contributed by atoms with Crippen molar-refractivity contribution < 1.29 is 9.90 Å². The Morgan fingerprint density at radius 1 is 1.25 bits per heavy atom. The monoisotopic (exact) mass is 215 g/mol. The van der Waals surface area contributed by atoms with E-state index in [1.807, 2.05) is 30.3 Å². The smallest absolute Gasteiger partial charge is 0.358 e. The number of aromatic nitrogens is 2. The summed E-state index contributed by atoms with van der Waals surface area (Å²) in [4.78, 5) is 18.6. The molecule has 0 aliphatic heterocycles. The molecule has 0 bridgehead atoms. The second kappa shape index (κ2) is 3.98. The molecule has 1 heterocycles. The number of carbonyl (C=O) groups is 1. The molecule has 0 fully saturated rings. The molecule has 0 spiro atoms. The van der Waals surface area contributed by atoms with Crippen LogP contribution in [-0.2, 0) is 0 Å². The molecular formula is C11H9N3O2. The van der Waals surface area contributed by atoms with Gasteiger partial charge in [0.2, 0.25) is 0 Å². The highest BCUT2D eigenvalue weighted by atomic mass is 16.4. The molecule has 1 aromatic heterocycles. The van der Waals surface area contributed by atoms with E-state index < -0.39 is 5.97 Å². The first-order valence-electron chi connectivity index (χ1n) is 4.59. The summed E-state index contributed by atoms with van der Waals surface area (Å²) in [5.74, 6) is -1.25. The molecular weight excluding hydrogens is 206 g/mol. The van der Waals surface area contributed by atoms with Crippen LogP contribution in [-0.4, -0.2) is 21.0 Å². The number of carboxylic acids is 1. The Kier molecular flexibility index (Phi) is 2.51. The largest absolute Gasteiger partial charge is 0.476 e. The Labute approximate surface area is 91.6 Å². The minimum absolute atomic E-state index is 0.0767. The van der Waals surface area contributed by atoms with Crippen molar-refractivity contribution in [1.29, 1.82) is 0 Å². The highest BCUT2D eigenvalue weighted by Gasteiger charge is 2.12. The third kappa shape index (κ3) is 1.83. The molecule has 0 aliphatic carbocycles. The fraction of sp³-hybridized carbons (Fsp3) is 0. The third-order valence-corrected chi connectivity index (χ3v) is 2.07. The van der Waals surface area contributed by atoms with Gasteiger partial charge >= 0.3 is 5.97 Å². The van der Waals surface area contributed by atoms with Crippen LogP contribution in [0.1, 0.15) is 10.5 Å². The highest BCUT2D eigenvalue weighted by Crippen LogP contribution is 2.17. The van der Waals surface area contributed by atoms with Crippen LogP contribution in [0.2, 0.25) is 0 Å². The maximum absolute atomic E-state index is 10.8. The molecule has 0 unspecified atom stereocenters. The number of rotatable bonds is 2. The number of anilines is 1. The van der Waals surface area contributed by atoms with E-state index in [9.17, 15) is 4.79 Å². The lowest BCUT2D eigenvalue weighted by Crippen LogP contribution is -2.08. The van der Waals surface area contributed by atoms with E-state index in [-0.39, 0.29) is 11.5 Å². The normalized spacial score (nSPS) is 10.0. The average Bonchev–Trinajstić information content (AvgIpc) is 2.30. The van der Waals surface area contributed by atoms with Gasteiger partial charge in [0.15, 0.2) is 11.5 Å². The zero-order valence-corrected chi connectivity index (χ0v) is 8.29. The Morgan fingerprint density at radius 3 is 2.56 bits per heavy atom. The van der Waals surface area contributed by atoms with Crippen molar-refractivity contribution >= 4 is 11.8 Å². The third-order valence-electron chi connectivity index (χ3n) is 2.07. The van der Waals surface area contributed by atoms with Gasteiger partial charge in [0.1, 0.15) is 0 Å². The maximum Gasteiger partial charge on any atom is 0.358 e. The number of hydrogen-bond donors (Lipinski definition) is 2. The first kappa shape index (κ1) is 10.1. The number of hydrogen-bond acceptors (Lipinski definition) is 4. The van der Waals surface area contributed by atoms with Crippen LogP contribution in [0.4, 0.5) is 5.82 Å². The minimum atomic E-state index is -1.18. The van der Waals surface area contributed by atoms with Gasteiger partial charge in [-0.15, -0.1) is 0 Å². The first-order valence-corrected chi connectivity index (χ1v) is 4.59. The van der Waals surface area contributed by atoms with E-state index in [1.165, 1.54) is 6.20 Å². The number of nitrogens with two attached hydrogens (primary N) is 1. The molecule has 5 heteroatoms. The van der Waals surface area contributed by atoms with Crippen LogP contribution < -0.4 is 5.73 Å². The van der Waals surface area contributed by atoms with Crippen molar-refractivity contribution in [3.63, 3.8) is 0 Å². The molecule has 0 aliphatic rings. The Balaban J connectivity index is 2.52. The van der Waals surface area contributed by atoms with E-state index in [2.05, 4.69) is 9.97 Å². The van der Waals surface area contributed by atoms with Gasteiger partial charge in [-0.1, -0.05) is 30.3 Å². The van der Waals surface area contributed by atoms with Crippen molar-refractivity contribution in [2.24, 2.45) is 0 Å². The van der Waals surface area contributed by atoms with Crippen molar-refractivity contribution in [3.8, 4) is 11.3 Å². The number of aromatic carboxylic acids is 1. The predicted molar refractivity (Wildman–Crippen MR) is 58.8 cm³/mol. The summed E-state index contributed by atoms with van der Waals surface area (Å²) >= 11 is 0. The topological polar surface area (TPSA) is 89.1 Å². The second-order valence-corrected chi connectivity index (χ2v) is 3.16. The Hall–Kier alpha value is -2.43. The lowest BCUT2D eigenvalue weighted by Gasteiger charge is -2.03. The van der Waals surface area contributed by atoms with Gasteiger partial charge in [-0.05, 0) is 0 Å². The zero-order valence-electron chi connectivity index (χ0n) is 8.29. The van der Waals surface area contributed by atoms with Gasteiger partial charge in [-0.3, -0.25) is 0 Å². The summed E-state index contributed by atoms with van der Waals surface area (Å²) < 4.78 is 0. The fourth-order valence-corrected chi connectivity index (χ4v) is 1.30. The molecule has 1 aromatic carbocycles. The standard InChI is InChI=1S/C11H9N3O2/c12-10-9(11(15)16)14-8(6-13-10)7-4-2-1-3-5-7/h1-6H,(H2,12,13)(H,15,16). The van der Waals surface area contributed by atoms with Crippen molar-refractivity contribution in [1.82, 2.24) is 9.97 Å². The number of carboxylic acid groups (broad SMARTS) is 1. The molecule has 80 valence electrons. The van der Waals surface area contributed by atoms with Gasteiger partial charge in [0.25, 0.3) is 0 Å². The van der Waals surface area contributed by atoms with E-state index in [1.54, 1.807) is 0 Å². The molecule has 0 amide bonds. The molecule has 16 heavy (non-hydrogen) atoms. The lowest BCUT2D eigenvalue weighted by molar-refractivity contribution is 0.0691. The van der Waals surface area contributed by atoms with Crippen LogP contribution in [0.25, 0.3) is 11.3 Å². The van der Waals surface area contributed by atoms with Crippen LogP contribution >= 0.6 is 0 Å². The minimum Gasteiger partial charge on any atom is -0.476 e. The summed E-state index contributed by atoms with van der Waals surface area (Å²) in [5.41, 5.74) is 6.49. The molecule has 0 atom stereocenters. The van der Waals surface area contributed by atoms with Gasteiger partial charge in [0.05, 0.1) is 11.9 Å². The van der Waals surface area contributed by atoms with E-state index >= 15 is 0 Å². The highest BCUT2D eigenvalue weighted by molar-refractivity contribution is 5.90. The SMILES string of the molecule is Nc1ncc(-c2ccccc2)nc1C(=O)O. The summed E-state index contributed by atoms with van der Waals surface area (Å²) in [6.07, 6.45) is 1.46. The molecule has 0 saturated heterocycles. The molecule has 3 N–H and O–H groups in total. The molecule has 0 radical (unpaired) electrons. The molecule has 2 aromatic rings. The summed E-state index contributed by atoms with van der Waals surface area (Å²) in [6, 6.07) is 9.20. The van der Waals surface area contributed by atoms with Crippen LogP contribution in [0.3, 0.4) is 0 Å². The molecule has 2 rings (SSSR count). The van der Waals surface area contributed by atoms with E-state index in [0.29, 0.717) is 5.69 Å². The second-order valence-electron chi connectivity index (χ2n) is 3.16. The summed E-state index contributed by atoms with van der Waals surface area (Å²) in [7, 11) is 0. The molecule has 0 saturated carbocycles. The van der Waals surface area contributed by atoms with E-state index in [0.717, 1.165) is 5.56 Å². The maximum atomic E-state index is 10.8. The van der Waals surface area contributed by atoms with Gasteiger partial charge in [-0.2, -0.15) is 0 Å². The Bertz CT molecular complexity index is 526. The predicted octanol–water partition coefficient (Wildman–Crippen LogP) is 1.42. The van der Waals surface area contributed by atoms with E-state index in [4.69, 9.17) is 10.8 Å². The van der Waals surface area contributed by atoms with Crippen LogP contribution in [0.5, 0.6) is 0 Å². The first-order chi connectivity index (χ1) is 7.68. The number of benzene rings is 1. The van der Waals surface area contributed by atoms with Gasteiger partial charge in [-0.25, -0.2) is 14.8 Å². The van der Waals surface area contributed by atoms with Crippen molar-refractivity contribution in [3.05, 3.63) is 42.2 Å². The van der Waals surface area contributed by atoms with Crippen molar-refractivity contribution in [2.75, 3.05) is 5.73 Å². The zero-order chi connectivity index (χ0) is 11.5.